The van der Waals surface area contributed by atoms with Crippen molar-refractivity contribution in [3.05, 3.63) is 59.2 Å². The first kappa shape index (κ1) is 23.6. The largest absolute Gasteiger partial charge is 0.449 e. The maximum absolute atomic E-state index is 12.6. The fourth-order valence-corrected chi connectivity index (χ4v) is 3.80. The highest BCUT2D eigenvalue weighted by molar-refractivity contribution is 7.89. The van der Waals surface area contributed by atoms with Crippen molar-refractivity contribution >= 4 is 27.6 Å². The highest BCUT2D eigenvalue weighted by Gasteiger charge is 2.22. The molecule has 8 heteroatoms. The second-order valence-corrected chi connectivity index (χ2v) is 9.06. The summed E-state index contributed by atoms with van der Waals surface area (Å²) in [6.45, 7) is 9.18. The minimum Gasteiger partial charge on any atom is -0.449 e. The lowest BCUT2D eigenvalue weighted by atomic mass is 10.0. The second kappa shape index (κ2) is 9.86. The number of amides is 1. The predicted octanol–water partition coefficient (Wildman–Crippen LogP) is 3.60. The molecule has 30 heavy (non-hydrogen) atoms. The first-order chi connectivity index (χ1) is 14.0. The zero-order valence-electron chi connectivity index (χ0n) is 17.9. The van der Waals surface area contributed by atoms with E-state index in [1.165, 1.54) is 25.1 Å². The van der Waals surface area contributed by atoms with E-state index in [1.807, 2.05) is 12.1 Å². The number of esters is 1. The number of nitrogens with one attached hydrogen (secondary N) is 2. The summed E-state index contributed by atoms with van der Waals surface area (Å²) in [6, 6.07) is 11.6. The Bertz CT molecular complexity index is 1010. The van der Waals surface area contributed by atoms with Crippen LogP contribution in [-0.2, 0) is 19.6 Å². The van der Waals surface area contributed by atoms with Gasteiger partial charge in [-0.25, -0.2) is 17.9 Å². The van der Waals surface area contributed by atoms with Crippen LogP contribution in [0.5, 0.6) is 0 Å². The van der Waals surface area contributed by atoms with Gasteiger partial charge in [0.1, 0.15) is 0 Å². The number of ether oxygens (including phenoxy) is 1. The molecule has 1 unspecified atom stereocenters. The van der Waals surface area contributed by atoms with E-state index in [-0.39, 0.29) is 17.0 Å². The molecule has 1 atom stereocenters. The number of carbonyl (C=O) groups excluding carboxylic acids is 2. The minimum absolute atomic E-state index is 0.0377. The zero-order valence-corrected chi connectivity index (χ0v) is 18.7. The number of aryl methyl sites for hydroxylation is 1. The number of hydrogen-bond acceptors (Lipinski definition) is 5. The maximum atomic E-state index is 12.6. The molecule has 2 aromatic rings. The van der Waals surface area contributed by atoms with Gasteiger partial charge in [0.05, 0.1) is 10.5 Å². The highest BCUT2D eigenvalue weighted by Crippen LogP contribution is 2.19. The third-order valence-corrected chi connectivity index (χ3v) is 6.11. The Morgan fingerprint density at radius 2 is 1.67 bits per heavy atom. The first-order valence-corrected chi connectivity index (χ1v) is 11.3. The fourth-order valence-electron chi connectivity index (χ4n) is 2.73. The lowest BCUT2D eigenvalue weighted by molar-refractivity contribution is -0.123. The maximum Gasteiger partial charge on any atom is 0.339 e. The quantitative estimate of drug-likeness (QED) is 0.621. The summed E-state index contributed by atoms with van der Waals surface area (Å²) in [7, 11) is -3.72. The van der Waals surface area contributed by atoms with Crippen LogP contribution in [0, 0.1) is 6.92 Å². The van der Waals surface area contributed by atoms with Gasteiger partial charge in [0.15, 0.2) is 6.10 Å². The van der Waals surface area contributed by atoms with Crippen LogP contribution in [0.3, 0.4) is 0 Å². The van der Waals surface area contributed by atoms with Crippen molar-refractivity contribution in [1.82, 2.24) is 4.72 Å². The molecule has 0 radical (unpaired) electrons. The van der Waals surface area contributed by atoms with Gasteiger partial charge in [-0.2, -0.15) is 0 Å². The van der Waals surface area contributed by atoms with Gasteiger partial charge < -0.3 is 10.1 Å². The van der Waals surface area contributed by atoms with E-state index in [4.69, 9.17) is 4.74 Å². The van der Waals surface area contributed by atoms with Gasteiger partial charge >= 0.3 is 5.97 Å². The van der Waals surface area contributed by atoms with Crippen LogP contribution in [0.15, 0.2) is 47.4 Å². The molecule has 0 bridgehead atoms. The van der Waals surface area contributed by atoms with Crippen LogP contribution in [0.2, 0.25) is 0 Å². The van der Waals surface area contributed by atoms with E-state index in [0.29, 0.717) is 17.2 Å². The number of sulfonamides is 1. The molecular formula is C22H28N2O5S. The Labute approximate surface area is 177 Å². The topological polar surface area (TPSA) is 102 Å². The minimum atomic E-state index is -3.72. The van der Waals surface area contributed by atoms with Gasteiger partial charge in [-0.05, 0) is 55.2 Å². The number of carbonyl (C=O) groups is 2. The van der Waals surface area contributed by atoms with Crippen molar-refractivity contribution in [1.29, 1.82) is 0 Å². The summed E-state index contributed by atoms with van der Waals surface area (Å²) >= 11 is 0. The second-order valence-electron chi connectivity index (χ2n) is 7.29. The molecule has 0 aliphatic heterocycles. The molecule has 0 heterocycles. The summed E-state index contributed by atoms with van der Waals surface area (Å²) in [5, 5.41) is 2.71. The number of anilines is 1. The van der Waals surface area contributed by atoms with Gasteiger partial charge in [0, 0.05) is 12.2 Å². The molecular weight excluding hydrogens is 404 g/mol. The van der Waals surface area contributed by atoms with E-state index in [2.05, 4.69) is 23.9 Å². The fraction of sp³-hybridized carbons (Fsp3) is 0.364. The van der Waals surface area contributed by atoms with Gasteiger partial charge in [0.2, 0.25) is 10.0 Å². The van der Waals surface area contributed by atoms with E-state index >= 15 is 0 Å². The predicted molar refractivity (Wildman–Crippen MR) is 116 cm³/mol. The molecule has 1 amide bonds. The van der Waals surface area contributed by atoms with Crippen LogP contribution < -0.4 is 10.0 Å². The summed E-state index contributed by atoms with van der Waals surface area (Å²) in [6.07, 6.45) is -1.06. The van der Waals surface area contributed by atoms with Crippen molar-refractivity contribution in [3.8, 4) is 0 Å². The third kappa shape index (κ3) is 5.90. The molecule has 0 fully saturated rings. The summed E-state index contributed by atoms with van der Waals surface area (Å²) in [5.74, 6) is -0.862. The molecule has 0 aliphatic rings. The van der Waals surface area contributed by atoms with E-state index in [0.717, 1.165) is 5.56 Å². The summed E-state index contributed by atoms with van der Waals surface area (Å²) < 4.78 is 32.0. The molecule has 0 saturated carbocycles. The summed E-state index contributed by atoms with van der Waals surface area (Å²) in [4.78, 5) is 24.9. The van der Waals surface area contributed by atoms with Crippen LogP contribution in [0.25, 0.3) is 0 Å². The Balaban J connectivity index is 2.10. The third-order valence-electron chi connectivity index (χ3n) is 4.57. The molecule has 2 aromatic carbocycles. The van der Waals surface area contributed by atoms with Gasteiger partial charge in [-0.15, -0.1) is 0 Å². The van der Waals surface area contributed by atoms with Crippen molar-refractivity contribution in [2.75, 3.05) is 11.9 Å². The lowest BCUT2D eigenvalue weighted by Crippen LogP contribution is -2.30. The van der Waals surface area contributed by atoms with Crippen LogP contribution >= 0.6 is 0 Å². The number of hydrogen-bond donors (Lipinski definition) is 2. The van der Waals surface area contributed by atoms with E-state index in [1.54, 1.807) is 26.0 Å². The monoisotopic (exact) mass is 432 g/mol. The van der Waals surface area contributed by atoms with Crippen molar-refractivity contribution in [2.45, 2.75) is 51.5 Å². The van der Waals surface area contributed by atoms with Crippen LogP contribution in [-0.4, -0.2) is 32.9 Å². The molecule has 0 aromatic heterocycles. The Kier molecular flexibility index (Phi) is 7.75. The molecule has 0 aliphatic carbocycles. The lowest BCUT2D eigenvalue weighted by Gasteiger charge is -2.15. The number of benzene rings is 2. The smallest absolute Gasteiger partial charge is 0.339 e. The zero-order chi connectivity index (χ0) is 22.5. The molecule has 0 spiro atoms. The Morgan fingerprint density at radius 3 is 2.23 bits per heavy atom. The van der Waals surface area contributed by atoms with Crippen molar-refractivity contribution < 1.29 is 22.7 Å². The average molecular weight is 433 g/mol. The normalized spacial score (nSPS) is 12.5. The Morgan fingerprint density at radius 1 is 1.03 bits per heavy atom. The van der Waals surface area contributed by atoms with Crippen LogP contribution in [0.4, 0.5) is 5.69 Å². The van der Waals surface area contributed by atoms with E-state index in [9.17, 15) is 18.0 Å². The van der Waals surface area contributed by atoms with Crippen LogP contribution in [0.1, 0.15) is 55.1 Å². The highest BCUT2D eigenvalue weighted by atomic mass is 32.2. The number of rotatable bonds is 8. The Hall–Kier alpha value is -2.71. The molecule has 162 valence electrons. The van der Waals surface area contributed by atoms with Crippen molar-refractivity contribution in [2.24, 2.45) is 0 Å². The van der Waals surface area contributed by atoms with Gasteiger partial charge in [-0.1, -0.05) is 39.0 Å². The SMILES string of the molecule is CCNS(=O)(=O)c1ccc(C)c(C(=O)OC(C)C(=O)Nc2ccc(C(C)C)cc2)c1. The molecule has 7 nitrogen and oxygen atoms in total. The average Bonchev–Trinajstić information content (AvgIpc) is 2.68. The van der Waals surface area contributed by atoms with Gasteiger partial charge in [-0.3, -0.25) is 4.79 Å². The molecule has 2 rings (SSSR count). The first-order valence-electron chi connectivity index (χ1n) is 9.77. The van der Waals surface area contributed by atoms with Gasteiger partial charge in [0.25, 0.3) is 5.91 Å². The molecule has 0 saturated heterocycles. The summed E-state index contributed by atoms with van der Waals surface area (Å²) in [5.41, 5.74) is 2.39. The van der Waals surface area contributed by atoms with E-state index < -0.39 is 28.0 Å². The van der Waals surface area contributed by atoms with Crippen molar-refractivity contribution in [3.63, 3.8) is 0 Å². The molecule has 2 N–H and O–H groups in total. The standard InChI is InChI=1S/C22H28N2O5S/c1-6-23-30(27,28)19-12-7-15(4)20(13-19)22(26)29-16(5)21(25)24-18-10-8-17(9-11-18)14(2)3/h7-14,16,23H,6H2,1-5H3,(H,24,25).